The van der Waals surface area contributed by atoms with E-state index in [2.05, 4.69) is 0 Å². The van der Waals surface area contributed by atoms with Crippen LogP contribution in [0.3, 0.4) is 0 Å². The van der Waals surface area contributed by atoms with E-state index in [-0.39, 0.29) is 29.1 Å². The number of rotatable bonds is 6. The summed E-state index contributed by atoms with van der Waals surface area (Å²) in [6.07, 6.45) is -2.03. The zero-order chi connectivity index (χ0) is 14.6. The second kappa shape index (κ2) is 6.26. The molecular weight excluding hydrogens is 278 g/mol. The van der Waals surface area contributed by atoms with Crippen LogP contribution < -0.4 is 0 Å². The number of carboxylic acid groups (broad SMARTS) is 1. The average Bonchev–Trinajstić information content (AvgIpc) is 2.37. The van der Waals surface area contributed by atoms with Crippen LogP contribution in [-0.2, 0) is 4.79 Å². The second-order valence-electron chi connectivity index (χ2n) is 3.63. The number of benzene rings is 1. The molecule has 19 heavy (non-hydrogen) atoms. The highest BCUT2D eigenvalue weighted by atomic mass is 35.5. The van der Waals surface area contributed by atoms with Crippen molar-refractivity contribution in [2.45, 2.75) is 12.5 Å². The molecule has 0 saturated heterocycles. The summed E-state index contributed by atoms with van der Waals surface area (Å²) in [6.45, 7) is 0. The molecule has 1 atom stereocenters. The van der Waals surface area contributed by atoms with E-state index in [4.69, 9.17) is 16.7 Å². The number of non-ortho nitro benzene ring substituents is 1. The number of hydrogen-bond donors (Lipinski definition) is 2. The summed E-state index contributed by atoms with van der Waals surface area (Å²) < 4.78 is 0. The Morgan fingerprint density at radius 2 is 2.05 bits per heavy atom. The van der Waals surface area contributed by atoms with Crippen molar-refractivity contribution in [2.24, 2.45) is 0 Å². The van der Waals surface area contributed by atoms with Gasteiger partial charge in [-0.05, 0) is 6.07 Å². The largest absolute Gasteiger partial charge is 0.479 e. The van der Waals surface area contributed by atoms with Crippen molar-refractivity contribution >= 4 is 29.0 Å². The Kier molecular flexibility index (Phi) is 4.96. The molecule has 1 unspecified atom stereocenters. The highest BCUT2D eigenvalue weighted by Crippen LogP contribution is 2.25. The smallest absolute Gasteiger partial charge is 0.337 e. The number of nitrogens with zero attached hydrogens (tertiary/aromatic N) is 1. The fraction of sp³-hybridized carbons (Fsp3) is 0.273. The van der Waals surface area contributed by atoms with Crippen LogP contribution in [0.25, 0.3) is 0 Å². The first-order valence-corrected chi connectivity index (χ1v) is 5.70. The van der Waals surface area contributed by atoms with E-state index in [1.807, 2.05) is 0 Å². The molecule has 2 N–H and O–H groups in total. The van der Waals surface area contributed by atoms with Gasteiger partial charge in [-0.3, -0.25) is 14.9 Å². The number of halogens is 1. The van der Waals surface area contributed by atoms with Crippen LogP contribution in [0.2, 0.25) is 0 Å². The number of ketones is 1. The van der Waals surface area contributed by atoms with Gasteiger partial charge in [0.1, 0.15) is 0 Å². The molecule has 0 spiro atoms. The van der Waals surface area contributed by atoms with Crippen molar-refractivity contribution in [1.82, 2.24) is 0 Å². The Hall–Kier alpha value is -1.99. The molecule has 1 aromatic carbocycles. The maximum atomic E-state index is 11.8. The quantitative estimate of drug-likeness (QED) is 0.354. The van der Waals surface area contributed by atoms with Crippen molar-refractivity contribution in [2.75, 3.05) is 5.88 Å². The van der Waals surface area contributed by atoms with Gasteiger partial charge in [-0.25, -0.2) is 4.79 Å². The summed E-state index contributed by atoms with van der Waals surface area (Å²) in [5.41, 5.74) is -0.753. The van der Waals surface area contributed by atoms with E-state index in [0.717, 1.165) is 18.2 Å². The van der Waals surface area contributed by atoms with E-state index in [1.54, 1.807) is 0 Å². The minimum atomic E-state index is -1.92. The maximum absolute atomic E-state index is 11.8. The maximum Gasteiger partial charge on any atom is 0.337 e. The summed E-state index contributed by atoms with van der Waals surface area (Å²) >= 11 is 5.41. The zero-order valence-electron chi connectivity index (χ0n) is 9.58. The first-order valence-electron chi connectivity index (χ1n) is 5.17. The van der Waals surface area contributed by atoms with Gasteiger partial charge >= 0.3 is 5.97 Å². The van der Waals surface area contributed by atoms with Gasteiger partial charge in [0.15, 0.2) is 11.9 Å². The Bertz CT molecular complexity index is 530. The molecule has 102 valence electrons. The number of carbonyl (C=O) groups excluding carboxylic acids is 1. The summed E-state index contributed by atoms with van der Waals surface area (Å²) in [4.78, 5) is 32.4. The molecule has 7 nitrogen and oxygen atoms in total. The molecule has 1 aromatic rings. The minimum absolute atomic E-state index is 0.00979. The van der Waals surface area contributed by atoms with Crippen molar-refractivity contribution in [3.05, 3.63) is 39.4 Å². The van der Waals surface area contributed by atoms with Gasteiger partial charge in [-0.2, -0.15) is 0 Å². The van der Waals surface area contributed by atoms with Crippen LogP contribution >= 0.6 is 11.6 Å². The van der Waals surface area contributed by atoms with Crippen LogP contribution in [0.15, 0.2) is 18.2 Å². The van der Waals surface area contributed by atoms with Gasteiger partial charge in [0.2, 0.25) is 0 Å². The number of aliphatic carboxylic acids is 1. The van der Waals surface area contributed by atoms with E-state index in [0.29, 0.717) is 0 Å². The lowest BCUT2D eigenvalue weighted by molar-refractivity contribution is -0.384. The monoisotopic (exact) mass is 287 g/mol. The van der Waals surface area contributed by atoms with Crippen LogP contribution in [0, 0.1) is 10.1 Å². The molecule has 8 heteroatoms. The Labute approximate surface area is 112 Å². The van der Waals surface area contributed by atoms with Crippen LogP contribution in [-0.4, -0.2) is 32.8 Å². The summed E-state index contributed by atoms with van der Waals surface area (Å²) in [6, 6.07) is 3.02. The molecule has 0 fully saturated rings. The van der Waals surface area contributed by atoms with Crippen molar-refractivity contribution < 1.29 is 24.7 Å². The lowest BCUT2D eigenvalue weighted by atomic mass is 9.97. The molecule has 0 aliphatic rings. The van der Waals surface area contributed by atoms with E-state index >= 15 is 0 Å². The fourth-order valence-electron chi connectivity index (χ4n) is 1.49. The van der Waals surface area contributed by atoms with Gasteiger partial charge in [0.25, 0.3) is 5.69 Å². The third-order valence-corrected chi connectivity index (χ3v) is 2.59. The van der Waals surface area contributed by atoms with Crippen molar-refractivity contribution in [3.8, 4) is 0 Å². The predicted molar refractivity (Wildman–Crippen MR) is 65.4 cm³/mol. The molecule has 1 rings (SSSR count). The number of nitro groups is 1. The molecular formula is C11H10ClNO6. The number of carbonyl (C=O) groups is 2. The summed E-state index contributed by atoms with van der Waals surface area (Å²) in [5, 5.41) is 28.8. The molecule has 0 bridgehead atoms. The molecule has 0 amide bonds. The van der Waals surface area contributed by atoms with Gasteiger partial charge in [-0.1, -0.05) is 0 Å². The number of aliphatic hydroxyl groups excluding tert-OH is 1. The highest BCUT2D eigenvalue weighted by molar-refractivity contribution is 6.19. The predicted octanol–water partition coefficient (Wildman–Crippen LogP) is 1.52. The van der Waals surface area contributed by atoms with E-state index in [1.165, 1.54) is 0 Å². The Morgan fingerprint density at radius 1 is 1.42 bits per heavy atom. The third kappa shape index (κ3) is 3.49. The molecule has 0 heterocycles. The Balaban J connectivity index is 3.34. The molecule has 0 saturated carbocycles. The van der Waals surface area contributed by atoms with Gasteiger partial charge in [-0.15, -0.1) is 11.6 Å². The molecule has 0 aromatic heterocycles. The van der Waals surface area contributed by atoms with Gasteiger partial charge < -0.3 is 10.2 Å². The molecule has 0 aliphatic heterocycles. The number of alkyl halides is 1. The number of carboxylic acids is 1. The Morgan fingerprint density at radius 3 is 2.53 bits per heavy atom. The third-order valence-electron chi connectivity index (χ3n) is 2.40. The average molecular weight is 288 g/mol. The topological polar surface area (TPSA) is 118 Å². The zero-order valence-corrected chi connectivity index (χ0v) is 10.3. The van der Waals surface area contributed by atoms with E-state index < -0.39 is 22.8 Å². The van der Waals surface area contributed by atoms with Gasteiger partial charge in [0, 0.05) is 35.6 Å². The van der Waals surface area contributed by atoms with Crippen LogP contribution in [0.4, 0.5) is 5.69 Å². The summed E-state index contributed by atoms with van der Waals surface area (Å²) in [7, 11) is 0. The van der Waals surface area contributed by atoms with E-state index in [9.17, 15) is 24.8 Å². The molecule has 0 aliphatic carbocycles. The normalized spacial score (nSPS) is 11.9. The van der Waals surface area contributed by atoms with Crippen molar-refractivity contribution in [1.29, 1.82) is 0 Å². The van der Waals surface area contributed by atoms with Crippen LogP contribution in [0.5, 0.6) is 0 Å². The lowest BCUT2D eigenvalue weighted by Crippen LogP contribution is -2.15. The first-order chi connectivity index (χ1) is 8.88. The van der Waals surface area contributed by atoms with Gasteiger partial charge in [0.05, 0.1) is 4.92 Å². The minimum Gasteiger partial charge on any atom is -0.479 e. The molecule has 0 radical (unpaired) electrons. The SMILES string of the molecule is O=C(CCCl)c1cc([N+](=O)[O-])ccc1C(O)C(=O)O. The number of hydrogen-bond acceptors (Lipinski definition) is 5. The number of aliphatic hydroxyl groups is 1. The lowest BCUT2D eigenvalue weighted by Gasteiger charge is -2.11. The van der Waals surface area contributed by atoms with Crippen LogP contribution in [0.1, 0.15) is 28.4 Å². The first kappa shape index (κ1) is 15.1. The fourth-order valence-corrected chi connectivity index (χ4v) is 1.66. The highest BCUT2D eigenvalue weighted by Gasteiger charge is 2.24. The second-order valence-corrected chi connectivity index (χ2v) is 4.01. The summed E-state index contributed by atoms with van der Waals surface area (Å²) in [5.74, 6) is -2.12. The van der Waals surface area contributed by atoms with Crippen molar-refractivity contribution in [3.63, 3.8) is 0 Å². The number of Topliss-reactive ketones (excluding diaryl/α,β-unsaturated/α-hetero) is 1. The standard InChI is InChI=1S/C11H10ClNO6/c12-4-3-9(14)8-5-6(13(18)19)1-2-7(8)10(15)11(16)17/h1-2,5,10,15H,3-4H2,(H,16,17). The number of nitro benzene ring substituents is 1.